The average Bonchev–Trinajstić information content (AvgIpc) is 2.81. The molecule has 21 heavy (non-hydrogen) atoms. The molecule has 0 aliphatic carbocycles. The fourth-order valence-electron chi connectivity index (χ4n) is 2.98. The number of fused-ring (bicyclic) bond motifs is 3. The lowest BCUT2D eigenvalue weighted by atomic mass is 10.1. The van der Waals surface area contributed by atoms with Crippen LogP contribution in [0.15, 0.2) is 36.4 Å². The smallest absolute Gasteiger partial charge is 0.249 e. The van der Waals surface area contributed by atoms with Gasteiger partial charge in [-0.1, -0.05) is 12.1 Å². The molecule has 2 aromatic carbocycles. The second-order valence-electron chi connectivity index (χ2n) is 4.89. The van der Waals surface area contributed by atoms with E-state index in [-0.39, 0.29) is 0 Å². The molecule has 0 bridgehead atoms. The van der Waals surface area contributed by atoms with Gasteiger partial charge in [0.1, 0.15) is 5.75 Å². The number of nitrogens with zero attached hydrogens (tertiary/aromatic N) is 1. The Balaban J connectivity index is 2.55. The van der Waals surface area contributed by atoms with Crippen LogP contribution in [0, 0.1) is 0 Å². The number of carbonyl (C=O) groups is 1. The number of ether oxygens (including phenoxy) is 1. The molecule has 0 fully saturated rings. The van der Waals surface area contributed by atoms with Crippen LogP contribution < -0.4 is 10.5 Å². The zero-order valence-electron chi connectivity index (χ0n) is 12.2. The van der Waals surface area contributed by atoms with Crippen molar-refractivity contribution >= 4 is 27.7 Å². The zero-order chi connectivity index (χ0) is 15.0. The second-order valence-corrected chi connectivity index (χ2v) is 4.89. The normalized spacial score (nSPS) is 11.1. The summed E-state index contributed by atoms with van der Waals surface area (Å²) >= 11 is 0. The molecule has 0 saturated carbocycles. The maximum Gasteiger partial charge on any atom is 0.249 e. The maximum absolute atomic E-state index is 11.8. The van der Waals surface area contributed by atoms with Crippen molar-refractivity contribution in [1.82, 2.24) is 4.57 Å². The summed E-state index contributed by atoms with van der Waals surface area (Å²) in [4.78, 5) is 11.8. The van der Waals surface area contributed by atoms with Crippen LogP contribution in [-0.2, 0) is 6.54 Å². The largest absolute Gasteiger partial charge is 0.493 e. The fraction of sp³-hybridized carbons (Fsp3) is 0.235. The molecule has 0 saturated heterocycles. The predicted octanol–water partition coefficient (Wildman–Crippen LogP) is 3.31. The summed E-state index contributed by atoms with van der Waals surface area (Å²) in [5, 5.41) is 1.84. The first-order chi connectivity index (χ1) is 10.2. The van der Waals surface area contributed by atoms with E-state index >= 15 is 0 Å². The van der Waals surface area contributed by atoms with Crippen molar-refractivity contribution < 1.29 is 9.53 Å². The van der Waals surface area contributed by atoms with Gasteiger partial charge in [-0.3, -0.25) is 4.79 Å². The molecule has 0 atom stereocenters. The van der Waals surface area contributed by atoms with Crippen LogP contribution >= 0.6 is 0 Å². The summed E-state index contributed by atoms with van der Waals surface area (Å²) in [6, 6.07) is 11.6. The van der Waals surface area contributed by atoms with Crippen molar-refractivity contribution in [3.05, 3.63) is 42.0 Å². The van der Waals surface area contributed by atoms with E-state index in [0.717, 1.165) is 34.1 Å². The highest BCUT2D eigenvalue weighted by atomic mass is 16.5. The van der Waals surface area contributed by atoms with Crippen LogP contribution in [0.1, 0.15) is 24.2 Å². The van der Waals surface area contributed by atoms with Crippen LogP contribution in [-0.4, -0.2) is 17.1 Å². The number of hydrogen-bond acceptors (Lipinski definition) is 2. The van der Waals surface area contributed by atoms with Crippen molar-refractivity contribution in [2.24, 2.45) is 5.73 Å². The third kappa shape index (κ3) is 1.95. The molecular weight excluding hydrogens is 264 g/mol. The summed E-state index contributed by atoms with van der Waals surface area (Å²) in [6.45, 7) is 5.43. The SMILES string of the molecule is CCOc1cccc2c1c1c(C(N)=O)cccc1n2CC. The molecular formula is C17H18N2O2. The molecule has 3 aromatic rings. The first-order valence-corrected chi connectivity index (χ1v) is 7.15. The van der Waals surface area contributed by atoms with E-state index < -0.39 is 5.91 Å². The fourth-order valence-corrected chi connectivity index (χ4v) is 2.98. The lowest BCUT2D eigenvalue weighted by Crippen LogP contribution is -2.11. The molecule has 0 aliphatic heterocycles. The Morgan fingerprint density at radius 3 is 2.38 bits per heavy atom. The van der Waals surface area contributed by atoms with Gasteiger partial charge in [-0.25, -0.2) is 0 Å². The quantitative estimate of drug-likeness (QED) is 0.798. The molecule has 3 rings (SSSR count). The van der Waals surface area contributed by atoms with Gasteiger partial charge < -0.3 is 15.0 Å². The van der Waals surface area contributed by atoms with Gasteiger partial charge in [0.05, 0.1) is 23.0 Å². The lowest BCUT2D eigenvalue weighted by Gasteiger charge is -2.06. The molecule has 4 nitrogen and oxygen atoms in total. The summed E-state index contributed by atoms with van der Waals surface area (Å²) in [7, 11) is 0. The number of aryl methyl sites for hydroxylation is 1. The molecule has 4 heteroatoms. The minimum atomic E-state index is -0.415. The van der Waals surface area contributed by atoms with Gasteiger partial charge in [-0.2, -0.15) is 0 Å². The van der Waals surface area contributed by atoms with E-state index in [1.165, 1.54) is 0 Å². The maximum atomic E-state index is 11.8. The third-order valence-electron chi connectivity index (χ3n) is 3.76. The van der Waals surface area contributed by atoms with E-state index in [2.05, 4.69) is 11.5 Å². The van der Waals surface area contributed by atoms with Crippen molar-refractivity contribution in [2.75, 3.05) is 6.61 Å². The topological polar surface area (TPSA) is 57.2 Å². The average molecular weight is 282 g/mol. The standard InChI is InChI=1S/C17H18N2O2/c1-3-19-12-8-5-7-11(17(18)20)15(12)16-13(19)9-6-10-14(16)21-4-2/h5-10H,3-4H2,1-2H3,(H2,18,20). The van der Waals surface area contributed by atoms with Gasteiger partial charge >= 0.3 is 0 Å². The Morgan fingerprint density at radius 1 is 1.10 bits per heavy atom. The van der Waals surface area contributed by atoms with Gasteiger partial charge in [-0.05, 0) is 38.1 Å². The summed E-state index contributed by atoms with van der Waals surface area (Å²) < 4.78 is 7.93. The molecule has 0 unspecified atom stereocenters. The Labute approximate surface area is 123 Å². The van der Waals surface area contributed by atoms with Crippen LogP contribution in [0.3, 0.4) is 0 Å². The van der Waals surface area contributed by atoms with Gasteiger partial charge in [0.2, 0.25) is 5.91 Å². The van der Waals surface area contributed by atoms with Crippen molar-refractivity contribution in [2.45, 2.75) is 20.4 Å². The zero-order valence-corrected chi connectivity index (χ0v) is 12.2. The number of rotatable bonds is 4. The molecule has 2 N–H and O–H groups in total. The lowest BCUT2D eigenvalue weighted by molar-refractivity contribution is 0.100. The molecule has 0 aliphatic rings. The van der Waals surface area contributed by atoms with Gasteiger partial charge in [0, 0.05) is 17.5 Å². The minimum Gasteiger partial charge on any atom is -0.493 e. The van der Waals surface area contributed by atoms with Gasteiger partial charge in [-0.15, -0.1) is 0 Å². The van der Waals surface area contributed by atoms with E-state index in [9.17, 15) is 4.79 Å². The highest BCUT2D eigenvalue weighted by Gasteiger charge is 2.18. The van der Waals surface area contributed by atoms with Crippen molar-refractivity contribution in [3.8, 4) is 5.75 Å². The predicted molar refractivity (Wildman–Crippen MR) is 84.8 cm³/mol. The Bertz CT molecular complexity index is 834. The Morgan fingerprint density at radius 2 is 1.76 bits per heavy atom. The van der Waals surface area contributed by atoms with Crippen molar-refractivity contribution in [3.63, 3.8) is 0 Å². The molecule has 1 amide bonds. The minimum absolute atomic E-state index is 0.415. The highest BCUT2D eigenvalue weighted by molar-refractivity contribution is 6.19. The van der Waals surface area contributed by atoms with Gasteiger partial charge in [0.15, 0.2) is 0 Å². The van der Waals surface area contributed by atoms with Crippen LogP contribution in [0.5, 0.6) is 5.75 Å². The number of aromatic nitrogens is 1. The third-order valence-corrected chi connectivity index (χ3v) is 3.76. The van der Waals surface area contributed by atoms with E-state index in [1.54, 1.807) is 6.07 Å². The molecule has 1 aromatic heterocycles. The molecule has 0 spiro atoms. The summed E-state index contributed by atoms with van der Waals surface area (Å²) in [5.41, 5.74) is 8.17. The van der Waals surface area contributed by atoms with Gasteiger partial charge in [0.25, 0.3) is 0 Å². The summed E-state index contributed by atoms with van der Waals surface area (Å²) in [5.74, 6) is 0.378. The number of carbonyl (C=O) groups excluding carboxylic acids is 1. The highest BCUT2D eigenvalue weighted by Crippen LogP contribution is 2.37. The second kappa shape index (κ2) is 5.13. The first kappa shape index (κ1) is 13.5. The van der Waals surface area contributed by atoms with E-state index in [0.29, 0.717) is 12.2 Å². The van der Waals surface area contributed by atoms with Crippen molar-refractivity contribution in [1.29, 1.82) is 0 Å². The molecule has 0 radical (unpaired) electrons. The molecule has 108 valence electrons. The Kier molecular flexibility index (Phi) is 3.29. The van der Waals surface area contributed by atoms with Crippen LogP contribution in [0.4, 0.5) is 0 Å². The van der Waals surface area contributed by atoms with Crippen LogP contribution in [0.25, 0.3) is 21.8 Å². The number of primary amides is 1. The monoisotopic (exact) mass is 282 g/mol. The number of nitrogens with two attached hydrogens (primary N) is 1. The number of amides is 1. The van der Waals surface area contributed by atoms with E-state index in [1.807, 2.05) is 37.3 Å². The summed E-state index contributed by atoms with van der Waals surface area (Å²) in [6.07, 6.45) is 0. The molecule has 1 heterocycles. The van der Waals surface area contributed by atoms with E-state index in [4.69, 9.17) is 10.5 Å². The van der Waals surface area contributed by atoms with Crippen LogP contribution in [0.2, 0.25) is 0 Å². The first-order valence-electron chi connectivity index (χ1n) is 7.15. The Hall–Kier alpha value is -2.49. The number of benzene rings is 2. The number of hydrogen-bond donors (Lipinski definition) is 1.